The molecule has 0 aliphatic rings. The van der Waals surface area contributed by atoms with E-state index in [4.69, 9.17) is 5.73 Å². The van der Waals surface area contributed by atoms with Crippen LogP contribution in [0.5, 0.6) is 0 Å². The van der Waals surface area contributed by atoms with Gasteiger partial charge < -0.3 is 11.1 Å². The lowest BCUT2D eigenvalue weighted by Crippen LogP contribution is -2.13. The van der Waals surface area contributed by atoms with Crippen LogP contribution in [0.25, 0.3) is 10.9 Å². The Morgan fingerprint density at radius 2 is 2.18 bits per heavy atom. The van der Waals surface area contributed by atoms with E-state index in [2.05, 4.69) is 38.1 Å². The fourth-order valence-corrected chi connectivity index (χ4v) is 3.88. The van der Waals surface area contributed by atoms with Crippen LogP contribution >= 0.6 is 33.9 Å². The molecular weight excluding hydrogens is 415 g/mol. The molecule has 6 nitrogen and oxygen atoms in total. The molecule has 22 heavy (non-hydrogen) atoms. The molecule has 3 rings (SSSR count). The second kappa shape index (κ2) is 5.69. The third kappa shape index (κ3) is 2.59. The number of nitrogens with two attached hydrogens (primary N) is 1. The van der Waals surface area contributed by atoms with Gasteiger partial charge in [0.2, 0.25) is 0 Å². The summed E-state index contributed by atoms with van der Waals surface area (Å²) in [6.07, 6.45) is 0. The van der Waals surface area contributed by atoms with Crippen molar-refractivity contribution in [2.75, 3.05) is 5.32 Å². The lowest BCUT2D eigenvalue weighted by Gasteiger charge is -2.05. The molecule has 0 radical (unpaired) electrons. The predicted molar refractivity (Wildman–Crippen MR) is 94.3 cm³/mol. The Morgan fingerprint density at radius 1 is 1.41 bits per heavy atom. The number of thiophene rings is 1. The summed E-state index contributed by atoms with van der Waals surface area (Å²) in [4.78, 5) is 24.3. The number of carbonyl (C=O) groups excluding carboxylic acids is 2. The minimum atomic E-state index is -0.613. The van der Waals surface area contributed by atoms with Gasteiger partial charge in [0.1, 0.15) is 4.88 Å². The number of hydrogen-bond donors (Lipinski definition) is 3. The Bertz CT molecular complexity index is 900. The van der Waals surface area contributed by atoms with Crippen molar-refractivity contribution in [1.82, 2.24) is 10.2 Å². The second-order valence-corrected chi connectivity index (χ2v) is 6.67. The first-order valence-electron chi connectivity index (χ1n) is 6.30. The molecule has 0 aliphatic heterocycles. The number of rotatable bonds is 3. The Balaban J connectivity index is 1.94. The summed E-state index contributed by atoms with van der Waals surface area (Å²) < 4.78 is 0.947. The average molecular weight is 426 g/mol. The van der Waals surface area contributed by atoms with Crippen molar-refractivity contribution in [3.8, 4) is 0 Å². The highest BCUT2D eigenvalue weighted by Gasteiger charge is 2.16. The van der Waals surface area contributed by atoms with Gasteiger partial charge in [-0.1, -0.05) is 0 Å². The normalized spacial score (nSPS) is 10.8. The first-order chi connectivity index (χ1) is 10.5. The predicted octanol–water partition coefficient (Wildman–Crippen LogP) is 2.89. The highest BCUT2D eigenvalue weighted by atomic mass is 127. The highest BCUT2D eigenvalue weighted by molar-refractivity contribution is 14.1. The minimum Gasteiger partial charge on any atom is -0.364 e. The van der Waals surface area contributed by atoms with Crippen LogP contribution < -0.4 is 11.1 Å². The number of aromatic nitrogens is 2. The molecule has 2 heterocycles. The van der Waals surface area contributed by atoms with Gasteiger partial charge in [-0.25, -0.2) is 0 Å². The maximum Gasteiger partial charge on any atom is 0.269 e. The summed E-state index contributed by atoms with van der Waals surface area (Å²) in [7, 11) is 0. The van der Waals surface area contributed by atoms with E-state index in [9.17, 15) is 9.59 Å². The van der Waals surface area contributed by atoms with Crippen LogP contribution in [-0.2, 0) is 0 Å². The Labute approximate surface area is 143 Å². The second-order valence-electron chi connectivity index (χ2n) is 4.71. The molecule has 0 spiro atoms. The topological polar surface area (TPSA) is 101 Å². The van der Waals surface area contributed by atoms with Gasteiger partial charge in [-0.15, -0.1) is 11.3 Å². The monoisotopic (exact) mass is 426 g/mol. The first kappa shape index (κ1) is 15.0. The van der Waals surface area contributed by atoms with Gasteiger partial charge >= 0.3 is 0 Å². The van der Waals surface area contributed by atoms with Crippen LogP contribution in [0.4, 0.5) is 5.69 Å². The van der Waals surface area contributed by atoms with Crippen molar-refractivity contribution in [2.24, 2.45) is 5.73 Å². The molecule has 0 bridgehead atoms. The number of H-pyrrole nitrogens is 1. The van der Waals surface area contributed by atoms with Crippen LogP contribution in [-0.4, -0.2) is 22.0 Å². The van der Waals surface area contributed by atoms with Crippen LogP contribution in [0.1, 0.15) is 25.7 Å². The molecule has 0 saturated carbocycles. The molecular formula is C14H11IN4O2S. The van der Waals surface area contributed by atoms with E-state index in [1.807, 2.05) is 12.3 Å². The van der Waals surface area contributed by atoms with Gasteiger partial charge in [0.25, 0.3) is 11.8 Å². The Morgan fingerprint density at radius 3 is 2.82 bits per heavy atom. The molecule has 0 atom stereocenters. The highest BCUT2D eigenvalue weighted by Crippen LogP contribution is 2.26. The molecule has 3 aromatic rings. The number of aromatic amines is 1. The number of amides is 2. The smallest absolute Gasteiger partial charge is 0.269 e. The molecule has 8 heteroatoms. The SMILES string of the molecule is Cc1csc(C(=O)Nc2ccc3[nH]nc(C(N)=O)c3c2)c1I. The largest absolute Gasteiger partial charge is 0.364 e. The fourth-order valence-electron chi connectivity index (χ4n) is 2.05. The van der Waals surface area contributed by atoms with Crippen molar-refractivity contribution in [1.29, 1.82) is 0 Å². The van der Waals surface area contributed by atoms with E-state index >= 15 is 0 Å². The number of anilines is 1. The number of aryl methyl sites for hydroxylation is 1. The fraction of sp³-hybridized carbons (Fsp3) is 0.0714. The molecule has 112 valence electrons. The number of hydrogen-bond acceptors (Lipinski definition) is 4. The zero-order chi connectivity index (χ0) is 15.9. The van der Waals surface area contributed by atoms with Crippen molar-refractivity contribution < 1.29 is 9.59 Å². The molecule has 2 amide bonds. The summed E-state index contributed by atoms with van der Waals surface area (Å²) in [5, 5.41) is 12.0. The zero-order valence-electron chi connectivity index (χ0n) is 11.4. The maximum atomic E-state index is 12.3. The van der Waals surface area contributed by atoms with Gasteiger partial charge in [-0.3, -0.25) is 14.7 Å². The van der Waals surface area contributed by atoms with Crippen LogP contribution in [0.3, 0.4) is 0 Å². The van der Waals surface area contributed by atoms with Gasteiger partial charge in [0.15, 0.2) is 5.69 Å². The van der Waals surface area contributed by atoms with E-state index in [-0.39, 0.29) is 11.6 Å². The number of halogens is 1. The molecule has 0 saturated heterocycles. The van der Waals surface area contributed by atoms with Gasteiger partial charge in [0.05, 0.1) is 5.52 Å². The minimum absolute atomic E-state index is 0.160. The molecule has 2 aromatic heterocycles. The number of primary amides is 1. The van der Waals surface area contributed by atoms with E-state index in [1.54, 1.807) is 18.2 Å². The number of nitrogens with one attached hydrogen (secondary N) is 2. The Kier molecular flexibility index (Phi) is 3.87. The number of fused-ring (bicyclic) bond motifs is 1. The lowest BCUT2D eigenvalue weighted by atomic mass is 10.2. The summed E-state index contributed by atoms with van der Waals surface area (Å²) in [5.41, 5.74) is 7.80. The maximum absolute atomic E-state index is 12.3. The van der Waals surface area contributed by atoms with Crippen molar-refractivity contribution in [2.45, 2.75) is 6.92 Å². The van der Waals surface area contributed by atoms with Gasteiger partial charge in [-0.05, 0) is 58.7 Å². The third-order valence-electron chi connectivity index (χ3n) is 3.16. The summed E-state index contributed by atoms with van der Waals surface area (Å²) >= 11 is 3.56. The lowest BCUT2D eigenvalue weighted by molar-refractivity contribution is 0.0995. The standard InChI is InChI=1S/C14H11IN4O2S/c1-6-5-22-12(10(6)15)14(21)17-7-2-3-9-8(4-7)11(13(16)20)19-18-9/h2-5H,1H3,(H2,16,20)(H,17,21)(H,18,19). The van der Waals surface area contributed by atoms with Crippen LogP contribution in [0, 0.1) is 10.5 Å². The first-order valence-corrected chi connectivity index (χ1v) is 8.26. The quantitative estimate of drug-likeness (QED) is 0.562. The van der Waals surface area contributed by atoms with E-state index < -0.39 is 5.91 Å². The van der Waals surface area contributed by atoms with Crippen LogP contribution in [0.15, 0.2) is 23.6 Å². The molecule has 4 N–H and O–H groups in total. The summed E-state index contributed by atoms with van der Waals surface area (Å²) in [6, 6.07) is 5.18. The zero-order valence-corrected chi connectivity index (χ0v) is 14.4. The van der Waals surface area contributed by atoms with Crippen molar-refractivity contribution in [3.63, 3.8) is 0 Å². The van der Waals surface area contributed by atoms with Gasteiger partial charge in [-0.2, -0.15) is 5.10 Å². The van der Waals surface area contributed by atoms with E-state index in [0.717, 1.165) is 9.13 Å². The number of nitrogens with zero attached hydrogens (tertiary/aromatic N) is 1. The van der Waals surface area contributed by atoms with E-state index in [1.165, 1.54) is 11.3 Å². The molecule has 1 aromatic carbocycles. The number of carbonyl (C=O) groups is 2. The number of benzene rings is 1. The third-order valence-corrected chi connectivity index (χ3v) is 6.01. The molecule has 0 unspecified atom stereocenters. The van der Waals surface area contributed by atoms with Gasteiger partial charge in [0, 0.05) is 14.6 Å². The molecule has 0 fully saturated rings. The van der Waals surface area contributed by atoms with E-state index in [0.29, 0.717) is 21.5 Å². The van der Waals surface area contributed by atoms with Crippen molar-refractivity contribution >= 4 is 62.3 Å². The average Bonchev–Trinajstić information content (AvgIpc) is 3.03. The molecule has 0 aliphatic carbocycles. The van der Waals surface area contributed by atoms with Crippen molar-refractivity contribution in [3.05, 3.63) is 43.3 Å². The Hall–Kier alpha value is -1.94. The summed E-state index contributed by atoms with van der Waals surface area (Å²) in [5.74, 6) is -0.788. The van der Waals surface area contributed by atoms with Crippen LogP contribution in [0.2, 0.25) is 0 Å². The summed E-state index contributed by atoms with van der Waals surface area (Å²) in [6.45, 7) is 1.96.